The van der Waals surface area contributed by atoms with Crippen molar-refractivity contribution >= 4 is 16.8 Å². The molecule has 0 saturated carbocycles. The van der Waals surface area contributed by atoms with E-state index in [9.17, 15) is 9.59 Å². The van der Waals surface area contributed by atoms with Crippen LogP contribution in [0.1, 0.15) is 60.6 Å². The number of Topliss-reactive ketones (excluding diaryl/α,β-unsaturated/α-hetero) is 1. The third-order valence-electron chi connectivity index (χ3n) is 5.82. The maximum atomic E-state index is 12.7. The van der Waals surface area contributed by atoms with Crippen molar-refractivity contribution in [2.45, 2.75) is 68.2 Å². The normalized spacial score (nSPS) is 12.0. The molecule has 130 valence electrons. The minimum atomic E-state index is -0.341. The monoisotopic (exact) mass is 328 g/mol. The average molecular weight is 328 g/mol. The van der Waals surface area contributed by atoms with E-state index in [1.54, 1.807) is 6.92 Å². The van der Waals surface area contributed by atoms with Gasteiger partial charge in [-0.25, -0.2) is 4.79 Å². The second-order valence-corrected chi connectivity index (χ2v) is 7.53. The van der Waals surface area contributed by atoms with Gasteiger partial charge in [-0.2, -0.15) is 0 Å². The zero-order valence-corrected chi connectivity index (χ0v) is 16.1. The molecule has 1 aromatic carbocycles. The van der Waals surface area contributed by atoms with Gasteiger partial charge in [0.05, 0.1) is 0 Å². The number of fused-ring (bicyclic) bond motifs is 1. The lowest BCUT2D eigenvalue weighted by atomic mass is 9.80. The Labute approximate surface area is 144 Å². The number of carbonyl (C=O) groups is 1. The standard InChI is InChI=1S/C21H28O3/c1-9-21(7,8)17(22)10-16-11(2)12(3)18-13(4)14(5)20(23)24-19(18)15(16)6/h9-10H2,1-8H3. The van der Waals surface area contributed by atoms with Crippen molar-refractivity contribution in [3.63, 3.8) is 0 Å². The van der Waals surface area contributed by atoms with E-state index < -0.39 is 0 Å². The first-order valence-corrected chi connectivity index (χ1v) is 8.58. The van der Waals surface area contributed by atoms with Gasteiger partial charge in [0.1, 0.15) is 11.4 Å². The van der Waals surface area contributed by atoms with Crippen molar-refractivity contribution in [3.8, 4) is 0 Å². The molecular weight excluding hydrogens is 300 g/mol. The molecule has 0 unspecified atom stereocenters. The molecule has 0 atom stereocenters. The maximum absolute atomic E-state index is 12.7. The molecule has 0 aliphatic heterocycles. The van der Waals surface area contributed by atoms with E-state index in [-0.39, 0.29) is 16.8 Å². The Bertz CT molecular complexity index is 883. The molecule has 0 aliphatic rings. The van der Waals surface area contributed by atoms with Crippen molar-refractivity contribution in [1.29, 1.82) is 0 Å². The number of rotatable bonds is 4. The molecule has 0 radical (unpaired) electrons. The summed E-state index contributed by atoms with van der Waals surface area (Å²) >= 11 is 0. The van der Waals surface area contributed by atoms with Gasteiger partial charge >= 0.3 is 5.63 Å². The van der Waals surface area contributed by atoms with Gasteiger partial charge in [-0.15, -0.1) is 0 Å². The number of hydrogen-bond acceptors (Lipinski definition) is 3. The van der Waals surface area contributed by atoms with E-state index in [2.05, 4.69) is 6.92 Å². The predicted molar refractivity (Wildman–Crippen MR) is 99.0 cm³/mol. The van der Waals surface area contributed by atoms with Gasteiger partial charge in [0, 0.05) is 22.8 Å². The number of carbonyl (C=O) groups excluding carboxylic acids is 1. The number of benzene rings is 1. The summed E-state index contributed by atoms with van der Waals surface area (Å²) in [6, 6.07) is 0. The number of hydrogen-bond donors (Lipinski definition) is 0. The smallest absolute Gasteiger partial charge is 0.339 e. The van der Waals surface area contributed by atoms with E-state index in [0.29, 0.717) is 17.6 Å². The second-order valence-electron chi connectivity index (χ2n) is 7.53. The van der Waals surface area contributed by atoms with Crippen LogP contribution in [-0.2, 0) is 11.2 Å². The van der Waals surface area contributed by atoms with Crippen molar-refractivity contribution in [1.82, 2.24) is 0 Å². The fourth-order valence-corrected chi connectivity index (χ4v) is 3.14. The van der Waals surface area contributed by atoms with Gasteiger partial charge in [0.15, 0.2) is 0 Å². The highest BCUT2D eigenvalue weighted by Gasteiger charge is 2.27. The SMILES string of the molecule is CCC(C)(C)C(=O)Cc1c(C)c(C)c2c(C)c(C)c(=O)oc2c1C. The molecule has 3 nitrogen and oxygen atoms in total. The zero-order chi connectivity index (χ0) is 18.4. The Morgan fingerprint density at radius 3 is 2.00 bits per heavy atom. The van der Waals surface area contributed by atoms with Gasteiger partial charge in [-0.05, 0) is 68.9 Å². The van der Waals surface area contributed by atoms with Gasteiger partial charge in [0.2, 0.25) is 0 Å². The van der Waals surface area contributed by atoms with Crippen molar-refractivity contribution in [3.05, 3.63) is 43.8 Å². The fourth-order valence-electron chi connectivity index (χ4n) is 3.14. The predicted octanol–water partition coefficient (Wildman–Crippen LogP) is 4.88. The molecule has 1 heterocycles. The zero-order valence-electron chi connectivity index (χ0n) is 16.1. The summed E-state index contributed by atoms with van der Waals surface area (Å²) in [5, 5.41) is 1.01. The Balaban J connectivity index is 2.77. The highest BCUT2D eigenvalue weighted by Crippen LogP contribution is 2.33. The number of aryl methyl sites for hydroxylation is 3. The Kier molecular flexibility index (Phi) is 4.76. The van der Waals surface area contributed by atoms with Crippen molar-refractivity contribution < 1.29 is 9.21 Å². The summed E-state index contributed by atoms with van der Waals surface area (Å²) in [6.07, 6.45) is 1.19. The second kappa shape index (κ2) is 6.19. The van der Waals surface area contributed by atoms with Gasteiger partial charge < -0.3 is 4.42 Å². The molecule has 0 bridgehead atoms. The van der Waals surface area contributed by atoms with Gasteiger partial charge in [-0.3, -0.25) is 4.79 Å². The van der Waals surface area contributed by atoms with Crippen LogP contribution in [0.4, 0.5) is 0 Å². The highest BCUT2D eigenvalue weighted by atomic mass is 16.4. The molecule has 0 saturated heterocycles. The molecule has 0 aliphatic carbocycles. The molecule has 2 rings (SSSR count). The molecule has 24 heavy (non-hydrogen) atoms. The third kappa shape index (κ3) is 2.81. The minimum absolute atomic E-state index is 0.223. The van der Waals surface area contributed by atoms with Crippen LogP contribution in [0.15, 0.2) is 9.21 Å². The Hall–Kier alpha value is -1.90. The van der Waals surface area contributed by atoms with Crippen LogP contribution in [-0.4, -0.2) is 5.78 Å². The fraction of sp³-hybridized carbons (Fsp3) is 0.524. The Morgan fingerprint density at radius 2 is 1.46 bits per heavy atom. The van der Waals surface area contributed by atoms with Crippen LogP contribution in [0.5, 0.6) is 0 Å². The lowest BCUT2D eigenvalue weighted by Gasteiger charge is -2.23. The molecule has 0 spiro atoms. The van der Waals surface area contributed by atoms with Crippen molar-refractivity contribution in [2.24, 2.45) is 5.41 Å². The maximum Gasteiger partial charge on any atom is 0.339 e. The first-order chi connectivity index (χ1) is 11.0. The lowest BCUT2D eigenvalue weighted by Crippen LogP contribution is -2.26. The van der Waals surface area contributed by atoms with E-state index in [0.717, 1.165) is 39.6 Å². The molecular formula is C21H28O3. The van der Waals surface area contributed by atoms with Crippen LogP contribution < -0.4 is 5.63 Å². The Morgan fingerprint density at radius 1 is 0.917 bits per heavy atom. The van der Waals surface area contributed by atoms with E-state index in [1.807, 2.05) is 41.5 Å². The summed E-state index contributed by atoms with van der Waals surface area (Å²) in [5.41, 5.74) is 5.74. The van der Waals surface area contributed by atoms with E-state index in [1.165, 1.54) is 0 Å². The highest BCUT2D eigenvalue weighted by molar-refractivity contribution is 5.92. The minimum Gasteiger partial charge on any atom is -0.422 e. The van der Waals surface area contributed by atoms with Crippen LogP contribution >= 0.6 is 0 Å². The molecule has 0 N–H and O–H groups in total. The lowest BCUT2D eigenvalue weighted by molar-refractivity contribution is -0.126. The first-order valence-electron chi connectivity index (χ1n) is 8.58. The average Bonchev–Trinajstić information content (AvgIpc) is 2.53. The quantitative estimate of drug-likeness (QED) is 0.751. The van der Waals surface area contributed by atoms with Gasteiger partial charge in [0.25, 0.3) is 0 Å². The summed E-state index contributed by atoms with van der Waals surface area (Å²) in [4.78, 5) is 24.8. The van der Waals surface area contributed by atoms with Crippen LogP contribution in [0.25, 0.3) is 11.0 Å². The molecule has 1 aromatic heterocycles. The summed E-state index contributed by atoms with van der Waals surface area (Å²) in [5.74, 6) is 0.223. The first kappa shape index (κ1) is 18.4. The van der Waals surface area contributed by atoms with Gasteiger partial charge in [-0.1, -0.05) is 20.8 Å². The summed E-state index contributed by atoms with van der Waals surface area (Å²) in [6.45, 7) is 15.8. The summed E-state index contributed by atoms with van der Waals surface area (Å²) in [7, 11) is 0. The molecule has 3 heteroatoms. The molecule has 0 amide bonds. The van der Waals surface area contributed by atoms with Crippen LogP contribution in [0, 0.1) is 40.0 Å². The van der Waals surface area contributed by atoms with Crippen LogP contribution in [0.2, 0.25) is 0 Å². The van der Waals surface area contributed by atoms with E-state index in [4.69, 9.17) is 4.42 Å². The third-order valence-corrected chi connectivity index (χ3v) is 5.82. The summed E-state index contributed by atoms with van der Waals surface area (Å²) < 4.78 is 5.61. The number of ketones is 1. The topological polar surface area (TPSA) is 47.3 Å². The van der Waals surface area contributed by atoms with Crippen molar-refractivity contribution in [2.75, 3.05) is 0 Å². The van der Waals surface area contributed by atoms with E-state index >= 15 is 0 Å². The molecule has 2 aromatic rings. The molecule has 0 fully saturated rings. The van der Waals surface area contributed by atoms with Crippen LogP contribution in [0.3, 0.4) is 0 Å². The largest absolute Gasteiger partial charge is 0.422 e.